The Balaban J connectivity index is 0.00000208. The Bertz CT molecular complexity index is 660. The lowest BCUT2D eigenvalue weighted by molar-refractivity contribution is 0.182. The van der Waals surface area contributed by atoms with Gasteiger partial charge in [0.05, 0.1) is 6.10 Å². The number of hydrogen-bond donors (Lipinski definition) is 1. The summed E-state index contributed by atoms with van der Waals surface area (Å²) in [6.45, 7) is 1.33. The summed E-state index contributed by atoms with van der Waals surface area (Å²) in [6, 6.07) is 18.6. The average Bonchev–Trinajstić information content (AvgIpc) is 2.90. The van der Waals surface area contributed by atoms with Crippen molar-refractivity contribution >= 4 is 24.6 Å². The lowest BCUT2D eigenvalue weighted by atomic mass is 10.1. The lowest BCUT2D eigenvalue weighted by Crippen LogP contribution is -2.30. The second-order valence-corrected chi connectivity index (χ2v) is 6.08. The SMILES string of the molecule is CN1C[C@H](O)CC1COc1ccccc1C=Cc1ccccc1.Cl. The highest BCUT2D eigenvalue weighted by Gasteiger charge is 2.28. The number of hydrogen-bond acceptors (Lipinski definition) is 3. The van der Waals surface area contributed by atoms with Crippen molar-refractivity contribution in [1.29, 1.82) is 0 Å². The molecule has 128 valence electrons. The van der Waals surface area contributed by atoms with Crippen molar-refractivity contribution in [1.82, 2.24) is 4.90 Å². The molecule has 2 aromatic carbocycles. The van der Waals surface area contributed by atoms with Crippen molar-refractivity contribution in [2.75, 3.05) is 20.2 Å². The van der Waals surface area contributed by atoms with E-state index in [0.29, 0.717) is 6.61 Å². The summed E-state index contributed by atoms with van der Waals surface area (Å²) in [5.41, 5.74) is 2.23. The van der Waals surface area contributed by atoms with Crippen molar-refractivity contribution in [3.8, 4) is 5.75 Å². The molecule has 0 bridgehead atoms. The van der Waals surface area contributed by atoms with Crippen LogP contribution >= 0.6 is 12.4 Å². The molecule has 1 unspecified atom stereocenters. The van der Waals surface area contributed by atoms with Crippen LogP contribution in [-0.2, 0) is 0 Å². The number of nitrogens with zero attached hydrogens (tertiary/aromatic N) is 1. The molecule has 3 nitrogen and oxygen atoms in total. The maximum atomic E-state index is 9.72. The minimum absolute atomic E-state index is 0. The lowest BCUT2D eigenvalue weighted by Gasteiger charge is -2.20. The second-order valence-electron chi connectivity index (χ2n) is 6.08. The van der Waals surface area contributed by atoms with Crippen LogP contribution in [0, 0.1) is 0 Å². The predicted octanol–water partition coefficient (Wildman–Crippen LogP) is 3.72. The Kier molecular flexibility index (Phi) is 6.85. The largest absolute Gasteiger partial charge is 0.491 e. The monoisotopic (exact) mass is 345 g/mol. The molecule has 1 heterocycles. The molecule has 1 saturated heterocycles. The number of rotatable bonds is 5. The normalized spacial score (nSPS) is 20.9. The van der Waals surface area contributed by atoms with Crippen LogP contribution in [0.4, 0.5) is 0 Å². The van der Waals surface area contributed by atoms with E-state index in [1.165, 1.54) is 5.56 Å². The molecule has 0 saturated carbocycles. The van der Waals surface area contributed by atoms with E-state index in [-0.39, 0.29) is 24.6 Å². The van der Waals surface area contributed by atoms with E-state index >= 15 is 0 Å². The molecule has 1 fully saturated rings. The molecule has 2 atom stereocenters. The first-order valence-corrected chi connectivity index (χ1v) is 8.05. The van der Waals surface area contributed by atoms with Gasteiger partial charge in [0, 0.05) is 18.2 Å². The third-order valence-corrected chi connectivity index (χ3v) is 4.27. The van der Waals surface area contributed by atoms with Gasteiger partial charge >= 0.3 is 0 Å². The Morgan fingerprint density at radius 2 is 1.79 bits per heavy atom. The van der Waals surface area contributed by atoms with Crippen LogP contribution in [-0.4, -0.2) is 42.4 Å². The maximum absolute atomic E-state index is 9.72. The summed E-state index contributed by atoms with van der Waals surface area (Å²) >= 11 is 0. The van der Waals surface area contributed by atoms with Crippen LogP contribution in [0.5, 0.6) is 5.75 Å². The fourth-order valence-electron chi connectivity index (χ4n) is 2.93. The number of aliphatic hydroxyl groups is 1. The van der Waals surface area contributed by atoms with Gasteiger partial charge in [-0.1, -0.05) is 60.7 Å². The number of likely N-dealkylation sites (tertiary alicyclic amines) is 1. The summed E-state index contributed by atoms with van der Waals surface area (Å²) in [5.74, 6) is 0.884. The highest BCUT2D eigenvalue weighted by atomic mass is 35.5. The van der Waals surface area contributed by atoms with Gasteiger partial charge in [0.25, 0.3) is 0 Å². The number of benzene rings is 2. The molecule has 3 rings (SSSR count). The molecule has 24 heavy (non-hydrogen) atoms. The van der Waals surface area contributed by atoms with E-state index in [1.54, 1.807) is 0 Å². The average molecular weight is 346 g/mol. The Labute approximate surface area is 150 Å². The van der Waals surface area contributed by atoms with Crippen LogP contribution in [0.1, 0.15) is 17.5 Å². The van der Waals surface area contributed by atoms with E-state index in [4.69, 9.17) is 4.74 Å². The van der Waals surface area contributed by atoms with Crippen molar-refractivity contribution in [2.24, 2.45) is 0 Å². The molecule has 4 heteroatoms. The third-order valence-electron chi connectivity index (χ3n) is 4.27. The molecule has 0 aliphatic carbocycles. The summed E-state index contributed by atoms with van der Waals surface area (Å²) in [7, 11) is 2.03. The third kappa shape index (κ3) is 4.84. The zero-order chi connectivity index (χ0) is 16.1. The second kappa shape index (κ2) is 8.88. The van der Waals surface area contributed by atoms with Crippen molar-refractivity contribution in [3.05, 3.63) is 65.7 Å². The summed E-state index contributed by atoms with van der Waals surface area (Å²) in [6.07, 6.45) is 4.71. The zero-order valence-electron chi connectivity index (χ0n) is 13.8. The number of likely N-dealkylation sites (N-methyl/N-ethyl adjacent to an activating group) is 1. The number of halogens is 1. The first kappa shape index (κ1) is 18.5. The van der Waals surface area contributed by atoms with Crippen LogP contribution < -0.4 is 4.74 Å². The van der Waals surface area contributed by atoms with E-state index in [9.17, 15) is 5.11 Å². The molecular weight excluding hydrogens is 322 g/mol. The molecule has 1 aliphatic rings. The van der Waals surface area contributed by atoms with Gasteiger partial charge in [-0.25, -0.2) is 0 Å². The molecule has 0 spiro atoms. The molecular formula is C20H24ClNO2. The fourth-order valence-corrected chi connectivity index (χ4v) is 2.93. The van der Waals surface area contributed by atoms with E-state index in [1.807, 2.05) is 43.4 Å². The summed E-state index contributed by atoms with van der Waals surface area (Å²) in [5, 5.41) is 9.72. The highest BCUT2D eigenvalue weighted by Crippen LogP contribution is 2.23. The number of aliphatic hydroxyl groups excluding tert-OH is 1. The number of β-amino-alcohol motifs (C(OH)–C–C–N with tert-alkyl or cyclic N) is 1. The van der Waals surface area contributed by atoms with E-state index in [0.717, 1.165) is 24.3 Å². The van der Waals surface area contributed by atoms with Gasteiger partial charge in [0.2, 0.25) is 0 Å². The van der Waals surface area contributed by atoms with Crippen LogP contribution in [0.15, 0.2) is 54.6 Å². The highest BCUT2D eigenvalue weighted by molar-refractivity contribution is 5.85. The Morgan fingerprint density at radius 1 is 1.08 bits per heavy atom. The van der Waals surface area contributed by atoms with Gasteiger partial charge in [-0.3, -0.25) is 4.90 Å². The maximum Gasteiger partial charge on any atom is 0.126 e. The van der Waals surface area contributed by atoms with Crippen LogP contribution in [0.25, 0.3) is 12.2 Å². The van der Waals surface area contributed by atoms with Crippen molar-refractivity contribution in [2.45, 2.75) is 18.6 Å². The first-order valence-electron chi connectivity index (χ1n) is 8.05. The topological polar surface area (TPSA) is 32.7 Å². The molecule has 0 amide bonds. The number of ether oxygens (including phenoxy) is 1. The first-order chi connectivity index (χ1) is 11.2. The van der Waals surface area contributed by atoms with Gasteiger partial charge in [0.1, 0.15) is 12.4 Å². The van der Waals surface area contributed by atoms with E-state index in [2.05, 4.69) is 35.3 Å². The number of para-hydroxylation sites is 1. The molecule has 1 N–H and O–H groups in total. The van der Waals surface area contributed by atoms with E-state index < -0.39 is 0 Å². The van der Waals surface area contributed by atoms with Crippen molar-refractivity contribution in [3.63, 3.8) is 0 Å². The van der Waals surface area contributed by atoms with Crippen LogP contribution in [0.3, 0.4) is 0 Å². The van der Waals surface area contributed by atoms with Crippen LogP contribution in [0.2, 0.25) is 0 Å². The quantitative estimate of drug-likeness (QED) is 0.838. The molecule has 2 aromatic rings. The minimum Gasteiger partial charge on any atom is -0.491 e. The smallest absolute Gasteiger partial charge is 0.126 e. The van der Waals surface area contributed by atoms with Gasteiger partial charge < -0.3 is 9.84 Å². The minimum atomic E-state index is -0.234. The molecule has 1 aliphatic heterocycles. The van der Waals surface area contributed by atoms with Gasteiger partial charge in [-0.2, -0.15) is 0 Å². The summed E-state index contributed by atoms with van der Waals surface area (Å²) < 4.78 is 6.02. The van der Waals surface area contributed by atoms with Gasteiger partial charge in [0.15, 0.2) is 0 Å². The zero-order valence-corrected chi connectivity index (χ0v) is 14.7. The van der Waals surface area contributed by atoms with Crippen molar-refractivity contribution < 1.29 is 9.84 Å². The Hall–Kier alpha value is -1.81. The Morgan fingerprint density at radius 3 is 2.50 bits per heavy atom. The van der Waals surface area contributed by atoms with Gasteiger partial charge in [-0.15, -0.1) is 12.4 Å². The predicted molar refractivity (Wildman–Crippen MR) is 102 cm³/mol. The standard InChI is InChI=1S/C20H23NO2.ClH/c1-21-14-19(22)13-18(21)15-23-20-10-6-5-9-17(20)12-11-16-7-3-2-4-8-16;/h2-12,18-19,22H,13-15H2,1H3;1H/t18?,19-;/m1./s1. The summed E-state index contributed by atoms with van der Waals surface area (Å²) in [4.78, 5) is 2.16. The molecule has 0 radical (unpaired) electrons. The molecule has 0 aromatic heterocycles. The fraction of sp³-hybridized carbons (Fsp3) is 0.300. The van der Waals surface area contributed by atoms with Gasteiger partial charge in [-0.05, 0) is 25.1 Å².